The molecule has 1 N–H and O–H groups in total. The molecule has 1 aliphatic heterocycles. The van der Waals surface area contributed by atoms with Crippen LogP contribution in [0.4, 0.5) is 0 Å². The van der Waals surface area contributed by atoms with Crippen LogP contribution in [0, 0.1) is 0 Å². The predicted octanol–water partition coefficient (Wildman–Crippen LogP) is 2.37. The van der Waals surface area contributed by atoms with E-state index in [9.17, 15) is 13.2 Å². The fraction of sp³-hybridized carbons (Fsp3) is 0.588. The molecule has 0 spiro atoms. The number of benzene rings is 1. The molecule has 1 aromatic carbocycles. The lowest BCUT2D eigenvalue weighted by molar-refractivity contribution is -0.121. The lowest BCUT2D eigenvalue weighted by Crippen LogP contribution is -2.34. The smallest absolute Gasteiger partial charge is 0.221 e. The van der Waals surface area contributed by atoms with Crippen LogP contribution in [0.3, 0.4) is 0 Å². The zero-order chi connectivity index (χ0) is 16.3. The highest BCUT2D eigenvalue weighted by Crippen LogP contribution is 2.31. The first-order valence-corrected chi connectivity index (χ1v) is 10.0. The van der Waals surface area contributed by atoms with Crippen LogP contribution in [0.2, 0.25) is 0 Å². The third kappa shape index (κ3) is 3.86. The van der Waals surface area contributed by atoms with Gasteiger partial charge in [0.15, 0.2) is 9.84 Å². The Morgan fingerprint density at radius 3 is 2.70 bits per heavy atom. The van der Waals surface area contributed by atoms with E-state index in [4.69, 9.17) is 4.74 Å². The molecule has 1 amide bonds. The second-order valence-electron chi connectivity index (χ2n) is 6.32. The third-order valence-corrected chi connectivity index (χ3v) is 6.98. The Hall–Kier alpha value is -1.56. The maximum atomic E-state index is 12.2. The molecule has 1 fully saturated rings. The third-order valence-electron chi connectivity index (χ3n) is 4.72. The summed E-state index contributed by atoms with van der Waals surface area (Å²) in [5.41, 5.74) is 0.964. The average molecular weight is 337 g/mol. The summed E-state index contributed by atoms with van der Waals surface area (Å²) in [6, 6.07) is 7.54. The molecule has 1 heterocycles. The lowest BCUT2D eigenvalue weighted by atomic mass is 10.0. The van der Waals surface area contributed by atoms with E-state index in [2.05, 4.69) is 5.32 Å². The van der Waals surface area contributed by atoms with Gasteiger partial charge in [-0.15, -0.1) is 0 Å². The molecule has 126 valence electrons. The Bertz CT molecular complexity index is 665. The van der Waals surface area contributed by atoms with Crippen molar-refractivity contribution >= 4 is 15.7 Å². The van der Waals surface area contributed by atoms with E-state index in [0.29, 0.717) is 13.0 Å². The minimum atomic E-state index is -3.14. The van der Waals surface area contributed by atoms with Gasteiger partial charge in [0.2, 0.25) is 5.91 Å². The van der Waals surface area contributed by atoms with Crippen LogP contribution in [0.5, 0.6) is 5.75 Å². The summed E-state index contributed by atoms with van der Waals surface area (Å²) in [6.45, 7) is 0.558. The zero-order valence-corrected chi connectivity index (χ0v) is 14.0. The number of ether oxygens (including phenoxy) is 1. The highest BCUT2D eigenvalue weighted by atomic mass is 32.2. The van der Waals surface area contributed by atoms with E-state index in [1.807, 2.05) is 24.3 Å². The molecule has 6 heteroatoms. The summed E-state index contributed by atoms with van der Waals surface area (Å²) >= 11 is 0. The molecule has 5 nitrogen and oxygen atoms in total. The fourth-order valence-corrected chi connectivity index (χ4v) is 5.26. The molecule has 2 aliphatic rings. The van der Waals surface area contributed by atoms with Crippen molar-refractivity contribution in [1.29, 1.82) is 0 Å². The first-order chi connectivity index (χ1) is 11.1. The Labute approximate surface area is 137 Å². The van der Waals surface area contributed by atoms with Gasteiger partial charge in [-0.1, -0.05) is 31.0 Å². The number of hydrogen-bond donors (Lipinski definition) is 1. The van der Waals surface area contributed by atoms with Crippen LogP contribution in [0.1, 0.15) is 50.1 Å². The maximum Gasteiger partial charge on any atom is 0.221 e. The van der Waals surface area contributed by atoms with Gasteiger partial charge in [0.05, 0.1) is 23.7 Å². The number of nitrogens with one attached hydrogen (secondary N) is 1. The molecule has 1 atom stereocenters. The fourth-order valence-electron chi connectivity index (χ4n) is 3.41. The minimum Gasteiger partial charge on any atom is -0.493 e. The first kappa shape index (κ1) is 16.3. The maximum absolute atomic E-state index is 12.2. The van der Waals surface area contributed by atoms with Gasteiger partial charge >= 0.3 is 0 Å². The second-order valence-corrected chi connectivity index (χ2v) is 8.72. The van der Waals surface area contributed by atoms with Gasteiger partial charge in [0.25, 0.3) is 0 Å². The van der Waals surface area contributed by atoms with Crippen LogP contribution in [0.15, 0.2) is 24.3 Å². The quantitative estimate of drug-likeness (QED) is 0.895. The molecule has 3 rings (SSSR count). The molecule has 0 aromatic heterocycles. The lowest BCUT2D eigenvalue weighted by Gasteiger charge is -2.26. The largest absolute Gasteiger partial charge is 0.493 e. The van der Waals surface area contributed by atoms with Crippen molar-refractivity contribution in [2.24, 2.45) is 0 Å². The molecular formula is C17H23NO4S. The molecule has 1 unspecified atom stereocenters. The van der Waals surface area contributed by atoms with Crippen molar-refractivity contribution in [3.8, 4) is 5.75 Å². The van der Waals surface area contributed by atoms with Gasteiger partial charge in [-0.25, -0.2) is 8.42 Å². The minimum absolute atomic E-state index is 0.0400. The Morgan fingerprint density at radius 1 is 1.17 bits per heavy atom. The van der Waals surface area contributed by atoms with Gasteiger partial charge in [-0.05, 0) is 18.9 Å². The van der Waals surface area contributed by atoms with Gasteiger partial charge in [-0.3, -0.25) is 4.79 Å². The first-order valence-electron chi connectivity index (χ1n) is 8.29. The number of fused-ring (bicyclic) bond motifs is 1. The van der Waals surface area contributed by atoms with Crippen molar-refractivity contribution in [1.82, 2.24) is 5.32 Å². The van der Waals surface area contributed by atoms with Crippen LogP contribution >= 0.6 is 0 Å². The number of rotatable bonds is 5. The molecule has 23 heavy (non-hydrogen) atoms. The number of sulfone groups is 1. The van der Waals surface area contributed by atoms with Crippen molar-refractivity contribution < 1.29 is 17.9 Å². The Balaban J connectivity index is 1.56. The van der Waals surface area contributed by atoms with Gasteiger partial charge < -0.3 is 10.1 Å². The Morgan fingerprint density at radius 2 is 1.91 bits per heavy atom. The van der Waals surface area contributed by atoms with Crippen molar-refractivity contribution in [2.45, 2.75) is 49.8 Å². The second kappa shape index (κ2) is 6.91. The highest BCUT2D eigenvalue weighted by molar-refractivity contribution is 7.92. The molecule has 1 aliphatic carbocycles. The summed E-state index contributed by atoms with van der Waals surface area (Å²) in [7, 11) is -3.14. The van der Waals surface area contributed by atoms with Crippen LogP contribution in [0.25, 0.3) is 0 Å². The van der Waals surface area contributed by atoms with Crippen LogP contribution in [-0.4, -0.2) is 31.9 Å². The van der Waals surface area contributed by atoms with Crippen molar-refractivity contribution in [3.63, 3.8) is 0 Å². The van der Waals surface area contributed by atoms with Crippen molar-refractivity contribution in [3.05, 3.63) is 29.8 Å². The summed E-state index contributed by atoms with van der Waals surface area (Å²) < 4.78 is 30.0. The monoisotopic (exact) mass is 337 g/mol. The molecule has 0 saturated heterocycles. The van der Waals surface area contributed by atoms with E-state index < -0.39 is 9.84 Å². The number of carbonyl (C=O) groups excluding carboxylic acids is 1. The number of amides is 1. The van der Waals surface area contributed by atoms with E-state index in [0.717, 1.165) is 37.0 Å². The molecule has 1 saturated carbocycles. The summed E-state index contributed by atoms with van der Waals surface area (Å²) in [6.07, 6.45) is 4.20. The van der Waals surface area contributed by atoms with E-state index in [-0.39, 0.29) is 29.4 Å². The standard InChI is InChI=1S/C17H23NO4S/c19-17(10-12-23(20,21)13-5-1-2-6-13)18-15-9-11-22-16-8-4-3-7-14(15)16/h3-4,7-8,13,15H,1-2,5-6,9-12H2,(H,18,19). The van der Waals surface area contributed by atoms with E-state index in [1.165, 1.54) is 0 Å². The summed E-state index contributed by atoms with van der Waals surface area (Å²) in [5, 5.41) is 2.72. The molecule has 1 aromatic rings. The topological polar surface area (TPSA) is 72.5 Å². The normalized spacial score (nSPS) is 21.5. The van der Waals surface area contributed by atoms with Gasteiger partial charge in [0, 0.05) is 18.4 Å². The average Bonchev–Trinajstić information content (AvgIpc) is 3.09. The van der Waals surface area contributed by atoms with Crippen LogP contribution in [-0.2, 0) is 14.6 Å². The predicted molar refractivity (Wildman–Crippen MR) is 88.1 cm³/mol. The van der Waals surface area contributed by atoms with E-state index >= 15 is 0 Å². The molecule has 0 bridgehead atoms. The molecular weight excluding hydrogens is 314 g/mol. The van der Waals surface area contributed by atoms with Crippen LogP contribution < -0.4 is 10.1 Å². The summed E-state index contributed by atoms with van der Waals surface area (Å²) in [4.78, 5) is 12.2. The Kier molecular flexibility index (Phi) is 4.90. The number of hydrogen-bond acceptors (Lipinski definition) is 4. The van der Waals surface area contributed by atoms with E-state index in [1.54, 1.807) is 0 Å². The van der Waals surface area contributed by atoms with Crippen molar-refractivity contribution in [2.75, 3.05) is 12.4 Å². The summed E-state index contributed by atoms with van der Waals surface area (Å²) in [5.74, 6) is 0.546. The molecule has 0 radical (unpaired) electrons. The number of carbonyl (C=O) groups is 1. The SMILES string of the molecule is O=C(CCS(=O)(=O)C1CCCC1)NC1CCOc2ccccc21. The highest BCUT2D eigenvalue weighted by Gasteiger charge is 2.29. The van der Waals surface area contributed by atoms with Gasteiger partial charge in [0.1, 0.15) is 5.75 Å². The number of para-hydroxylation sites is 1. The van der Waals surface area contributed by atoms with Gasteiger partial charge in [-0.2, -0.15) is 0 Å². The zero-order valence-electron chi connectivity index (χ0n) is 13.2.